The Morgan fingerprint density at radius 1 is 1.00 bits per heavy atom. The average Bonchev–Trinajstić information content (AvgIpc) is 3.53. The van der Waals surface area contributed by atoms with Gasteiger partial charge in [-0.3, -0.25) is 4.90 Å². The standard InChI is InChI=1S/C35H36F6N5O3.CH2O2/c1-21-32(23-17-24(34(36,37)38)19-25(18-23)35(39,40)41)49-33(47)46(21)20-28-26(8-10-30(42-28)45-12-5-13-45)27-16-22(6-9-29(27)48-4)7-11-31-43(2)14-15-44(31)3;2-1-3/h6,8-10,14-19,21,32H,5,7,11-13,20H2,1-4H3;1H,(H,2,3)/q+1;/p-1/t21-,32-;/m0./s1. The van der Waals surface area contributed by atoms with Crippen molar-refractivity contribution in [3.63, 3.8) is 0 Å². The number of halogens is 6. The first-order valence-corrected chi connectivity index (χ1v) is 16.3. The first-order valence-electron chi connectivity index (χ1n) is 16.3. The molecule has 0 saturated carbocycles. The van der Waals surface area contributed by atoms with Gasteiger partial charge in [0, 0.05) is 30.7 Å². The summed E-state index contributed by atoms with van der Waals surface area (Å²) in [5, 5.41) is 8.25. The van der Waals surface area contributed by atoms with Crippen LogP contribution in [0.5, 0.6) is 5.75 Å². The molecule has 10 nitrogen and oxygen atoms in total. The second-order valence-corrected chi connectivity index (χ2v) is 12.6. The van der Waals surface area contributed by atoms with Gasteiger partial charge in [0.25, 0.3) is 5.82 Å². The number of carbonyl (C=O) groups is 2. The van der Waals surface area contributed by atoms with E-state index in [1.54, 1.807) is 7.11 Å². The highest BCUT2D eigenvalue weighted by molar-refractivity contribution is 5.76. The highest BCUT2D eigenvalue weighted by atomic mass is 19.4. The Morgan fingerprint density at radius 2 is 1.65 bits per heavy atom. The van der Waals surface area contributed by atoms with Crippen LogP contribution >= 0.6 is 0 Å². The molecule has 0 spiro atoms. The molecule has 2 aliphatic heterocycles. The van der Waals surface area contributed by atoms with E-state index in [4.69, 9.17) is 24.4 Å². The Kier molecular flexibility index (Phi) is 11.1. The van der Waals surface area contributed by atoms with Gasteiger partial charge in [-0.05, 0) is 73.4 Å². The lowest BCUT2D eigenvalue weighted by molar-refractivity contribution is -0.678. The summed E-state index contributed by atoms with van der Waals surface area (Å²) in [7, 11) is 5.53. The number of aromatic nitrogens is 3. The molecule has 0 aliphatic carbocycles. The van der Waals surface area contributed by atoms with E-state index < -0.39 is 53.8 Å². The topological polar surface area (TPSA) is 104 Å². The number of alkyl halides is 6. The molecule has 0 unspecified atom stereocenters. The lowest BCUT2D eigenvalue weighted by Crippen LogP contribution is -2.38. The van der Waals surface area contributed by atoms with Crippen molar-refractivity contribution in [1.82, 2.24) is 14.5 Å². The van der Waals surface area contributed by atoms with Crippen LogP contribution in [0, 0.1) is 0 Å². The number of anilines is 1. The predicted octanol–water partition coefficient (Wildman–Crippen LogP) is 5.40. The molecule has 4 heterocycles. The minimum atomic E-state index is -5.04. The van der Waals surface area contributed by atoms with Crippen molar-refractivity contribution < 1.29 is 55.1 Å². The Morgan fingerprint density at radius 3 is 2.19 bits per heavy atom. The molecule has 2 fully saturated rings. The smallest absolute Gasteiger partial charge is 0.416 e. The van der Waals surface area contributed by atoms with Crippen LogP contribution in [0.15, 0.2) is 60.9 Å². The van der Waals surface area contributed by atoms with Gasteiger partial charge in [0.05, 0.1) is 57.0 Å². The fourth-order valence-electron chi connectivity index (χ4n) is 6.39. The second-order valence-electron chi connectivity index (χ2n) is 12.6. The van der Waals surface area contributed by atoms with Gasteiger partial charge in [0.1, 0.15) is 30.1 Å². The Bertz CT molecular complexity index is 1870. The summed E-state index contributed by atoms with van der Waals surface area (Å²) < 4.78 is 97.2. The molecule has 2 aliphatic rings. The minimum Gasteiger partial charge on any atom is -0.554 e. The summed E-state index contributed by atoms with van der Waals surface area (Å²) in [6, 6.07) is 10.0. The van der Waals surface area contributed by atoms with Gasteiger partial charge in [-0.2, -0.15) is 26.3 Å². The lowest BCUT2D eigenvalue weighted by atomic mass is 9.96. The molecular weight excluding hydrogens is 696 g/mol. The monoisotopic (exact) mass is 733 g/mol. The van der Waals surface area contributed by atoms with Crippen molar-refractivity contribution in [1.29, 1.82) is 0 Å². The van der Waals surface area contributed by atoms with Gasteiger partial charge in [0.2, 0.25) is 0 Å². The summed E-state index contributed by atoms with van der Waals surface area (Å²) in [6.07, 6.45) is -5.85. The van der Waals surface area contributed by atoms with E-state index >= 15 is 0 Å². The maximum absolute atomic E-state index is 13.6. The normalized spacial score (nSPS) is 17.3. The third-order valence-electron chi connectivity index (χ3n) is 9.31. The molecule has 2 saturated heterocycles. The third kappa shape index (κ3) is 8.10. The van der Waals surface area contributed by atoms with Gasteiger partial charge in [-0.1, -0.05) is 6.07 Å². The molecule has 1 amide bonds. The van der Waals surface area contributed by atoms with Crippen molar-refractivity contribution in [3.8, 4) is 16.9 Å². The van der Waals surface area contributed by atoms with Crippen LogP contribution in [0.3, 0.4) is 0 Å². The molecule has 278 valence electrons. The Labute approximate surface area is 295 Å². The van der Waals surface area contributed by atoms with Crippen LogP contribution in [0.4, 0.5) is 37.0 Å². The number of ether oxygens (including phenoxy) is 2. The quantitative estimate of drug-likeness (QED) is 0.129. The summed E-state index contributed by atoms with van der Waals surface area (Å²) in [4.78, 5) is 29.8. The number of cyclic esters (lactones) is 1. The molecule has 0 N–H and O–H groups in total. The van der Waals surface area contributed by atoms with Crippen molar-refractivity contribution in [2.75, 3.05) is 25.1 Å². The van der Waals surface area contributed by atoms with Gasteiger partial charge >= 0.3 is 18.4 Å². The summed E-state index contributed by atoms with van der Waals surface area (Å²) in [5.74, 6) is 2.41. The number of hydrogen-bond donors (Lipinski definition) is 0. The predicted molar refractivity (Wildman–Crippen MR) is 174 cm³/mol. The zero-order valence-electron chi connectivity index (χ0n) is 28.8. The number of hydrogen-bond acceptors (Lipinski definition) is 7. The molecule has 16 heteroatoms. The largest absolute Gasteiger partial charge is 0.554 e. The van der Waals surface area contributed by atoms with E-state index in [2.05, 4.69) is 14.0 Å². The molecule has 4 aromatic rings. The Hall–Kier alpha value is -5.28. The number of imidazole rings is 1. The first-order chi connectivity index (χ1) is 24.5. The van der Waals surface area contributed by atoms with Crippen molar-refractivity contribution in [2.24, 2.45) is 14.1 Å². The van der Waals surface area contributed by atoms with Gasteiger partial charge < -0.3 is 24.3 Å². The fourth-order valence-corrected chi connectivity index (χ4v) is 6.39. The van der Waals surface area contributed by atoms with Crippen LogP contribution in [0.25, 0.3) is 11.1 Å². The molecule has 52 heavy (non-hydrogen) atoms. The Balaban J connectivity index is 0.00000168. The van der Waals surface area contributed by atoms with Crippen molar-refractivity contribution >= 4 is 18.4 Å². The number of carbonyl (C=O) groups excluding carboxylic acids is 2. The average molecular weight is 734 g/mol. The SMILES string of the molecule is COc1ccc(CCc2n(C)cc[n+]2C)cc1-c1ccc(N2CCC2)nc1CN1C(=O)O[C@H](c2cc(C(F)(F)F)cc(C(F)(F)F)c2)[C@@H]1C.O=C[O-]. The number of benzene rings is 2. The van der Waals surface area contributed by atoms with Gasteiger partial charge in [0.15, 0.2) is 0 Å². The van der Waals surface area contributed by atoms with E-state index in [-0.39, 0.29) is 12.6 Å². The number of nitrogens with zero attached hydrogens (tertiary/aromatic N) is 5. The van der Waals surface area contributed by atoms with Crippen LogP contribution < -0.4 is 19.3 Å². The van der Waals surface area contributed by atoms with Crippen LogP contribution in [-0.4, -0.2) is 53.3 Å². The first kappa shape index (κ1) is 38.0. The van der Waals surface area contributed by atoms with E-state index in [1.165, 1.54) is 11.8 Å². The maximum atomic E-state index is 13.6. The third-order valence-corrected chi connectivity index (χ3v) is 9.31. The zero-order chi connectivity index (χ0) is 38.0. The number of aryl methyl sites for hydroxylation is 3. The minimum absolute atomic E-state index is 0.0571. The number of amides is 1. The molecule has 2 aromatic heterocycles. The van der Waals surface area contributed by atoms with Gasteiger partial charge in [-0.25, -0.2) is 18.9 Å². The van der Waals surface area contributed by atoms with Crippen molar-refractivity contribution in [3.05, 3.63) is 94.7 Å². The van der Waals surface area contributed by atoms with E-state index in [0.29, 0.717) is 35.0 Å². The highest BCUT2D eigenvalue weighted by Crippen LogP contribution is 2.42. The molecule has 2 atom stereocenters. The maximum Gasteiger partial charge on any atom is 0.416 e. The molecule has 0 bridgehead atoms. The van der Waals surface area contributed by atoms with Gasteiger partial charge in [-0.15, -0.1) is 0 Å². The lowest BCUT2D eigenvalue weighted by Gasteiger charge is -2.33. The molecular formula is C36H37F6N5O5. The number of methoxy groups -OCH3 is 1. The molecule has 0 radical (unpaired) electrons. The number of carboxylic acid groups (broad SMARTS) is 1. The zero-order valence-corrected chi connectivity index (χ0v) is 28.8. The fraction of sp³-hybridized carbons (Fsp3) is 0.389. The molecule has 2 aromatic carbocycles. The van der Waals surface area contributed by atoms with E-state index in [0.717, 1.165) is 49.3 Å². The van der Waals surface area contributed by atoms with Crippen LogP contribution in [0.1, 0.15) is 53.2 Å². The van der Waals surface area contributed by atoms with E-state index in [1.807, 2.05) is 56.8 Å². The van der Waals surface area contributed by atoms with E-state index in [9.17, 15) is 31.1 Å². The summed E-state index contributed by atoms with van der Waals surface area (Å²) in [5.41, 5.74) is -0.412. The van der Waals surface area contributed by atoms with Crippen LogP contribution in [-0.2, 0) is 55.4 Å². The van der Waals surface area contributed by atoms with Crippen LogP contribution in [0.2, 0.25) is 0 Å². The summed E-state index contributed by atoms with van der Waals surface area (Å²) in [6.45, 7) is 2.54. The second kappa shape index (κ2) is 15.1. The molecule has 6 rings (SSSR count). The number of pyridine rings is 1. The highest BCUT2D eigenvalue weighted by Gasteiger charge is 2.43. The summed E-state index contributed by atoms with van der Waals surface area (Å²) >= 11 is 0. The number of rotatable bonds is 9. The van der Waals surface area contributed by atoms with Crippen molar-refractivity contribution in [2.45, 2.75) is 57.2 Å².